The van der Waals surface area contributed by atoms with Gasteiger partial charge in [-0.25, -0.2) is 0 Å². The number of amides is 1. The molecule has 0 unspecified atom stereocenters. The standard InChI is InChI=1S/C15H24N2O2/c1-3-15(4-2,10-16)11-17-14(19)9-12-6-5-7-13(18)8-12/h5-8,18H,3-4,9-11,16H2,1-2H3,(H,17,19). The number of aromatic hydroxyl groups is 1. The summed E-state index contributed by atoms with van der Waals surface area (Å²) in [5.74, 6) is 0.147. The largest absolute Gasteiger partial charge is 0.508 e. The van der Waals surface area contributed by atoms with Crippen LogP contribution >= 0.6 is 0 Å². The molecule has 0 aliphatic carbocycles. The topological polar surface area (TPSA) is 75.3 Å². The first-order valence-electron chi connectivity index (χ1n) is 6.80. The lowest BCUT2D eigenvalue weighted by molar-refractivity contribution is -0.120. The summed E-state index contributed by atoms with van der Waals surface area (Å²) in [6.45, 7) is 5.37. The number of phenolic OH excluding ortho intramolecular Hbond substituents is 1. The van der Waals surface area contributed by atoms with Crippen molar-refractivity contribution in [2.24, 2.45) is 11.1 Å². The Hall–Kier alpha value is -1.55. The molecular formula is C15H24N2O2. The van der Waals surface area contributed by atoms with Gasteiger partial charge in [-0.05, 0) is 42.5 Å². The molecule has 1 amide bonds. The zero-order valence-electron chi connectivity index (χ0n) is 11.8. The number of benzene rings is 1. The Morgan fingerprint density at radius 3 is 2.58 bits per heavy atom. The lowest BCUT2D eigenvalue weighted by Gasteiger charge is -2.30. The lowest BCUT2D eigenvalue weighted by Crippen LogP contribution is -2.42. The summed E-state index contributed by atoms with van der Waals surface area (Å²) in [5.41, 5.74) is 6.61. The average Bonchev–Trinajstić information content (AvgIpc) is 2.41. The third kappa shape index (κ3) is 4.56. The third-order valence-electron chi connectivity index (χ3n) is 3.87. The summed E-state index contributed by atoms with van der Waals surface area (Å²) in [6.07, 6.45) is 2.18. The van der Waals surface area contributed by atoms with Crippen molar-refractivity contribution in [2.75, 3.05) is 13.1 Å². The normalized spacial score (nSPS) is 11.3. The SMILES string of the molecule is CCC(CC)(CN)CNC(=O)Cc1cccc(O)c1. The van der Waals surface area contributed by atoms with Gasteiger partial charge >= 0.3 is 0 Å². The molecule has 4 nitrogen and oxygen atoms in total. The molecule has 1 aromatic carbocycles. The first-order chi connectivity index (χ1) is 9.05. The Kier molecular flexibility index (Phi) is 5.83. The molecule has 106 valence electrons. The van der Waals surface area contributed by atoms with Crippen molar-refractivity contribution >= 4 is 5.91 Å². The maximum atomic E-state index is 11.9. The molecule has 0 aliphatic rings. The van der Waals surface area contributed by atoms with Crippen LogP contribution in [0, 0.1) is 5.41 Å². The van der Waals surface area contributed by atoms with Crippen molar-refractivity contribution in [3.05, 3.63) is 29.8 Å². The van der Waals surface area contributed by atoms with Crippen LogP contribution in [0.2, 0.25) is 0 Å². The molecule has 0 aromatic heterocycles. The van der Waals surface area contributed by atoms with Crippen LogP contribution in [0.1, 0.15) is 32.3 Å². The van der Waals surface area contributed by atoms with Crippen LogP contribution < -0.4 is 11.1 Å². The smallest absolute Gasteiger partial charge is 0.224 e. The minimum atomic E-state index is -0.0367. The molecule has 0 atom stereocenters. The van der Waals surface area contributed by atoms with Crippen LogP contribution in [0.4, 0.5) is 0 Å². The molecule has 0 fully saturated rings. The molecule has 0 saturated carbocycles. The zero-order valence-corrected chi connectivity index (χ0v) is 11.8. The van der Waals surface area contributed by atoms with Gasteiger partial charge in [-0.1, -0.05) is 26.0 Å². The molecule has 4 heteroatoms. The molecule has 0 radical (unpaired) electrons. The van der Waals surface area contributed by atoms with Gasteiger partial charge in [0, 0.05) is 6.54 Å². The number of carbonyl (C=O) groups is 1. The molecule has 1 aromatic rings. The van der Waals surface area contributed by atoms with Gasteiger partial charge in [-0.15, -0.1) is 0 Å². The van der Waals surface area contributed by atoms with Crippen LogP contribution in [0.25, 0.3) is 0 Å². The number of nitrogens with one attached hydrogen (secondary N) is 1. The average molecular weight is 264 g/mol. The number of phenols is 1. The van der Waals surface area contributed by atoms with Crippen molar-refractivity contribution in [2.45, 2.75) is 33.1 Å². The summed E-state index contributed by atoms with van der Waals surface area (Å²) >= 11 is 0. The second-order valence-electron chi connectivity index (χ2n) is 5.03. The Morgan fingerprint density at radius 2 is 2.05 bits per heavy atom. The van der Waals surface area contributed by atoms with Crippen molar-refractivity contribution < 1.29 is 9.90 Å². The van der Waals surface area contributed by atoms with Gasteiger partial charge in [-0.3, -0.25) is 4.79 Å². The van der Waals surface area contributed by atoms with Crippen LogP contribution in [-0.2, 0) is 11.2 Å². The highest BCUT2D eigenvalue weighted by molar-refractivity contribution is 5.78. The van der Waals surface area contributed by atoms with E-state index in [0.29, 0.717) is 13.1 Å². The molecular weight excluding hydrogens is 240 g/mol. The molecule has 4 N–H and O–H groups in total. The van der Waals surface area contributed by atoms with Crippen molar-refractivity contribution in [3.63, 3.8) is 0 Å². The van der Waals surface area contributed by atoms with E-state index in [2.05, 4.69) is 19.2 Å². The van der Waals surface area contributed by atoms with E-state index in [9.17, 15) is 9.90 Å². The highest BCUT2D eigenvalue weighted by Crippen LogP contribution is 2.23. The molecule has 0 aliphatic heterocycles. The number of carbonyl (C=O) groups excluding carboxylic acids is 1. The fraction of sp³-hybridized carbons (Fsp3) is 0.533. The van der Waals surface area contributed by atoms with Gasteiger partial charge in [0.2, 0.25) is 5.91 Å². The minimum absolute atomic E-state index is 0.00547. The number of rotatable bonds is 7. The Morgan fingerprint density at radius 1 is 1.37 bits per heavy atom. The van der Waals surface area contributed by atoms with Crippen molar-refractivity contribution in [1.82, 2.24) is 5.32 Å². The van der Waals surface area contributed by atoms with Crippen molar-refractivity contribution in [3.8, 4) is 5.75 Å². The predicted molar refractivity (Wildman–Crippen MR) is 76.9 cm³/mol. The molecule has 0 spiro atoms. The van der Waals surface area contributed by atoms with E-state index >= 15 is 0 Å². The fourth-order valence-corrected chi connectivity index (χ4v) is 2.06. The van der Waals surface area contributed by atoms with E-state index in [0.717, 1.165) is 18.4 Å². The van der Waals surface area contributed by atoms with E-state index in [4.69, 9.17) is 5.73 Å². The van der Waals surface area contributed by atoms with E-state index in [1.165, 1.54) is 0 Å². The second-order valence-corrected chi connectivity index (χ2v) is 5.03. The Balaban J connectivity index is 2.52. The lowest BCUT2D eigenvalue weighted by atomic mass is 9.82. The van der Waals surface area contributed by atoms with Gasteiger partial charge in [0.1, 0.15) is 5.75 Å². The summed E-state index contributed by atoms with van der Waals surface area (Å²) in [6, 6.07) is 6.76. The number of nitrogens with two attached hydrogens (primary N) is 1. The summed E-state index contributed by atoms with van der Waals surface area (Å²) in [5, 5.41) is 12.3. The van der Waals surface area contributed by atoms with E-state index < -0.39 is 0 Å². The number of hydrogen-bond acceptors (Lipinski definition) is 3. The highest BCUT2D eigenvalue weighted by Gasteiger charge is 2.24. The molecule has 0 saturated heterocycles. The summed E-state index contributed by atoms with van der Waals surface area (Å²) in [4.78, 5) is 11.9. The van der Waals surface area contributed by atoms with Gasteiger partial charge in [0.25, 0.3) is 0 Å². The van der Waals surface area contributed by atoms with Gasteiger partial charge in [0.05, 0.1) is 6.42 Å². The van der Waals surface area contributed by atoms with Gasteiger partial charge < -0.3 is 16.2 Å². The Labute approximate surface area is 115 Å². The maximum absolute atomic E-state index is 11.9. The van der Waals surface area contributed by atoms with Gasteiger partial charge in [0.15, 0.2) is 0 Å². The van der Waals surface area contributed by atoms with E-state index in [1.54, 1.807) is 18.2 Å². The molecule has 19 heavy (non-hydrogen) atoms. The molecule has 0 heterocycles. The van der Waals surface area contributed by atoms with Crippen molar-refractivity contribution in [1.29, 1.82) is 0 Å². The summed E-state index contributed by atoms with van der Waals surface area (Å²) < 4.78 is 0. The first kappa shape index (κ1) is 15.5. The quantitative estimate of drug-likeness (QED) is 0.703. The van der Waals surface area contributed by atoms with Crippen LogP contribution in [0.5, 0.6) is 5.75 Å². The monoisotopic (exact) mass is 264 g/mol. The van der Waals surface area contributed by atoms with Crippen LogP contribution in [0.3, 0.4) is 0 Å². The molecule has 0 bridgehead atoms. The zero-order chi connectivity index (χ0) is 14.3. The third-order valence-corrected chi connectivity index (χ3v) is 3.87. The first-order valence-corrected chi connectivity index (χ1v) is 6.80. The molecule has 1 rings (SSSR count). The predicted octanol–water partition coefficient (Wildman–Crippen LogP) is 1.82. The fourth-order valence-electron chi connectivity index (χ4n) is 2.06. The van der Waals surface area contributed by atoms with E-state index in [1.807, 2.05) is 6.07 Å². The summed E-state index contributed by atoms with van der Waals surface area (Å²) in [7, 11) is 0. The van der Waals surface area contributed by atoms with E-state index in [-0.39, 0.29) is 23.5 Å². The second kappa shape index (κ2) is 7.14. The van der Waals surface area contributed by atoms with Gasteiger partial charge in [-0.2, -0.15) is 0 Å². The number of hydrogen-bond donors (Lipinski definition) is 3. The highest BCUT2D eigenvalue weighted by atomic mass is 16.3. The van der Waals surface area contributed by atoms with Crippen LogP contribution in [-0.4, -0.2) is 24.1 Å². The minimum Gasteiger partial charge on any atom is -0.508 e. The maximum Gasteiger partial charge on any atom is 0.224 e. The van der Waals surface area contributed by atoms with Crippen LogP contribution in [0.15, 0.2) is 24.3 Å². The Bertz CT molecular complexity index is 406.